The standard InChI is InChI=1S/C12H14ClNOS/c1-2-14-10(7-9-5-6-16-8-9)11-3-4-12(13)15-11/h3-6,8,10,14H,2,7H2,1H3. The Balaban J connectivity index is 2.11. The molecule has 2 heterocycles. The summed E-state index contributed by atoms with van der Waals surface area (Å²) in [5.74, 6) is 0.901. The Labute approximate surface area is 104 Å². The van der Waals surface area contributed by atoms with Gasteiger partial charge in [0.25, 0.3) is 0 Å². The lowest BCUT2D eigenvalue weighted by Gasteiger charge is -2.14. The number of rotatable bonds is 5. The van der Waals surface area contributed by atoms with Crippen molar-refractivity contribution in [2.24, 2.45) is 0 Å². The third-order valence-electron chi connectivity index (χ3n) is 2.41. The Morgan fingerprint density at radius 1 is 1.44 bits per heavy atom. The van der Waals surface area contributed by atoms with Crippen LogP contribution in [0.4, 0.5) is 0 Å². The molecule has 16 heavy (non-hydrogen) atoms. The predicted molar refractivity (Wildman–Crippen MR) is 68.2 cm³/mol. The van der Waals surface area contributed by atoms with Crippen molar-refractivity contribution in [3.63, 3.8) is 0 Å². The van der Waals surface area contributed by atoms with Crippen LogP contribution in [0, 0.1) is 0 Å². The molecule has 0 aromatic carbocycles. The Morgan fingerprint density at radius 3 is 2.88 bits per heavy atom. The van der Waals surface area contributed by atoms with Gasteiger partial charge in [0.05, 0.1) is 6.04 Å². The summed E-state index contributed by atoms with van der Waals surface area (Å²) in [5, 5.41) is 8.10. The van der Waals surface area contributed by atoms with Gasteiger partial charge in [0, 0.05) is 0 Å². The highest BCUT2D eigenvalue weighted by atomic mass is 35.5. The van der Waals surface area contributed by atoms with Crippen molar-refractivity contribution in [2.45, 2.75) is 19.4 Å². The molecular weight excluding hydrogens is 242 g/mol. The summed E-state index contributed by atoms with van der Waals surface area (Å²) in [6, 6.07) is 6.06. The van der Waals surface area contributed by atoms with Crippen molar-refractivity contribution in [1.29, 1.82) is 0 Å². The van der Waals surface area contributed by atoms with E-state index in [2.05, 4.69) is 29.1 Å². The summed E-state index contributed by atoms with van der Waals surface area (Å²) in [4.78, 5) is 0. The van der Waals surface area contributed by atoms with E-state index in [1.165, 1.54) is 5.56 Å². The lowest BCUT2D eigenvalue weighted by Crippen LogP contribution is -2.22. The number of halogens is 1. The van der Waals surface area contributed by atoms with E-state index < -0.39 is 0 Å². The van der Waals surface area contributed by atoms with Crippen molar-refractivity contribution in [2.75, 3.05) is 6.54 Å². The molecule has 0 bridgehead atoms. The first-order valence-electron chi connectivity index (χ1n) is 5.29. The smallest absolute Gasteiger partial charge is 0.193 e. The molecule has 2 aromatic heterocycles. The molecule has 1 unspecified atom stereocenters. The molecule has 86 valence electrons. The number of furan rings is 1. The first-order chi connectivity index (χ1) is 7.79. The Kier molecular flexibility index (Phi) is 4.04. The maximum Gasteiger partial charge on any atom is 0.193 e. The summed E-state index contributed by atoms with van der Waals surface area (Å²) in [5.41, 5.74) is 1.32. The summed E-state index contributed by atoms with van der Waals surface area (Å²) in [7, 11) is 0. The van der Waals surface area contributed by atoms with Gasteiger partial charge in [-0.3, -0.25) is 0 Å². The van der Waals surface area contributed by atoms with Crippen molar-refractivity contribution in [3.8, 4) is 0 Å². The normalized spacial score (nSPS) is 12.9. The third kappa shape index (κ3) is 2.88. The molecule has 4 heteroatoms. The van der Waals surface area contributed by atoms with E-state index in [4.69, 9.17) is 16.0 Å². The number of thiophene rings is 1. The van der Waals surface area contributed by atoms with Crippen molar-refractivity contribution in [3.05, 3.63) is 45.5 Å². The van der Waals surface area contributed by atoms with Crippen LogP contribution in [0.25, 0.3) is 0 Å². The molecule has 0 radical (unpaired) electrons. The second kappa shape index (κ2) is 5.53. The van der Waals surface area contributed by atoms with Gasteiger partial charge in [-0.2, -0.15) is 11.3 Å². The zero-order chi connectivity index (χ0) is 11.4. The second-order valence-electron chi connectivity index (χ2n) is 3.59. The van der Waals surface area contributed by atoms with Gasteiger partial charge in [0.1, 0.15) is 5.76 Å². The van der Waals surface area contributed by atoms with Gasteiger partial charge < -0.3 is 9.73 Å². The Morgan fingerprint density at radius 2 is 2.31 bits per heavy atom. The molecule has 0 amide bonds. The molecule has 1 atom stereocenters. The molecule has 0 spiro atoms. The fourth-order valence-corrected chi connectivity index (χ4v) is 2.51. The highest BCUT2D eigenvalue weighted by molar-refractivity contribution is 7.07. The lowest BCUT2D eigenvalue weighted by molar-refractivity contribution is 0.417. The van der Waals surface area contributed by atoms with Crippen LogP contribution in [-0.4, -0.2) is 6.54 Å². The van der Waals surface area contributed by atoms with E-state index in [1.807, 2.05) is 6.07 Å². The molecule has 0 fully saturated rings. The molecule has 2 aromatic rings. The largest absolute Gasteiger partial charge is 0.448 e. The molecule has 0 saturated heterocycles. The third-order valence-corrected chi connectivity index (χ3v) is 3.34. The molecule has 2 rings (SSSR count). The predicted octanol–water partition coefficient (Wildman–Crippen LogP) is 3.89. The molecule has 0 aliphatic rings. The van der Waals surface area contributed by atoms with Crippen LogP contribution in [0.2, 0.25) is 5.22 Å². The summed E-state index contributed by atoms with van der Waals surface area (Å²) < 4.78 is 5.45. The van der Waals surface area contributed by atoms with Crippen molar-refractivity contribution >= 4 is 22.9 Å². The van der Waals surface area contributed by atoms with E-state index in [0.717, 1.165) is 18.7 Å². The van der Waals surface area contributed by atoms with Crippen LogP contribution < -0.4 is 5.32 Å². The van der Waals surface area contributed by atoms with E-state index in [9.17, 15) is 0 Å². The van der Waals surface area contributed by atoms with Gasteiger partial charge in [0.2, 0.25) is 0 Å². The number of nitrogens with one attached hydrogen (secondary N) is 1. The highest BCUT2D eigenvalue weighted by Gasteiger charge is 2.15. The molecule has 2 nitrogen and oxygen atoms in total. The average molecular weight is 256 g/mol. The van der Waals surface area contributed by atoms with Crippen LogP contribution in [-0.2, 0) is 6.42 Å². The van der Waals surface area contributed by atoms with Crippen LogP contribution >= 0.6 is 22.9 Å². The van der Waals surface area contributed by atoms with Gasteiger partial charge in [-0.25, -0.2) is 0 Å². The summed E-state index contributed by atoms with van der Waals surface area (Å²) >= 11 is 7.51. The fraction of sp³-hybridized carbons (Fsp3) is 0.333. The minimum absolute atomic E-state index is 0.201. The summed E-state index contributed by atoms with van der Waals surface area (Å²) in [6.45, 7) is 3.00. The number of hydrogen-bond donors (Lipinski definition) is 1. The molecule has 0 aliphatic heterocycles. The van der Waals surface area contributed by atoms with E-state index in [-0.39, 0.29) is 6.04 Å². The summed E-state index contributed by atoms with van der Waals surface area (Å²) in [6.07, 6.45) is 0.932. The molecular formula is C12H14ClNOS. The minimum atomic E-state index is 0.201. The monoisotopic (exact) mass is 255 g/mol. The Bertz CT molecular complexity index is 424. The van der Waals surface area contributed by atoms with Gasteiger partial charge in [-0.15, -0.1) is 0 Å². The molecule has 0 aliphatic carbocycles. The van der Waals surface area contributed by atoms with Gasteiger partial charge in [-0.1, -0.05) is 6.92 Å². The van der Waals surface area contributed by atoms with Crippen LogP contribution in [0.3, 0.4) is 0 Å². The van der Waals surface area contributed by atoms with Gasteiger partial charge in [-0.05, 0) is 59.1 Å². The number of hydrogen-bond acceptors (Lipinski definition) is 3. The average Bonchev–Trinajstić information content (AvgIpc) is 2.88. The highest BCUT2D eigenvalue weighted by Crippen LogP contribution is 2.23. The molecule has 0 saturated carbocycles. The van der Waals surface area contributed by atoms with Crippen LogP contribution in [0.1, 0.15) is 24.3 Å². The van der Waals surface area contributed by atoms with Gasteiger partial charge >= 0.3 is 0 Å². The minimum Gasteiger partial charge on any atom is -0.448 e. The lowest BCUT2D eigenvalue weighted by atomic mass is 10.1. The van der Waals surface area contributed by atoms with Crippen molar-refractivity contribution < 1.29 is 4.42 Å². The number of likely N-dealkylation sites (N-methyl/N-ethyl adjacent to an activating group) is 1. The van der Waals surface area contributed by atoms with Crippen molar-refractivity contribution in [1.82, 2.24) is 5.32 Å². The maximum absolute atomic E-state index is 5.79. The first-order valence-corrected chi connectivity index (χ1v) is 6.61. The first kappa shape index (κ1) is 11.7. The molecule has 1 N–H and O–H groups in total. The van der Waals surface area contributed by atoms with E-state index in [0.29, 0.717) is 5.22 Å². The Hall–Kier alpha value is -0.770. The van der Waals surface area contributed by atoms with Gasteiger partial charge in [0.15, 0.2) is 5.22 Å². The zero-order valence-electron chi connectivity index (χ0n) is 9.07. The van der Waals surface area contributed by atoms with Crippen LogP contribution in [0.15, 0.2) is 33.4 Å². The fourth-order valence-electron chi connectivity index (χ4n) is 1.68. The zero-order valence-corrected chi connectivity index (χ0v) is 10.6. The van der Waals surface area contributed by atoms with Crippen LogP contribution in [0.5, 0.6) is 0 Å². The SMILES string of the molecule is CCNC(Cc1ccsc1)c1ccc(Cl)o1. The van der Waals surface area contributed by atoms with E-state index >= 15 is 0 Å². The second-order valence-corrected chi connectivity index (χ2v) is 4.74. The van der Waals surface area contributed by atoms with E-state index in [1.54, 1.807) is 17.4 Å². The quantitative estimate of drug-likeness (QED) is 0.877. The maximum atomic E-state index is 5.79. The topological polar surface area (TPSA) is 25.2 Å².